The van der Waals surface area contributed by atoms with Crippen LogP contribution in [-0.4, -0.2) is 62.7 Å². The number of likely N-dealkylation sites (N-methyl/N-ethyl adjacent to an activating group) is 1. The zero-order valence-electron chi connectivity index (χ0n) is 23.6. The van der Waals surface area contributed by atoms with Crippen molar-refractivity contribution in [3.63, 3.8) is 0 Å². The van der Waals surface area contributed by atoms with Gasteiger partial charge in [0.25, 0.3) is 0 Å². The molecule has 0 fully saturated rings. The highest BCUT2D eigenvalue weighted by Gasteiger charge is 2.35. The molecular weight excluding hydrogens is 531 g/mol. The average Bonchev–Trinajstić information content (AvgIpc) is 2.92. The Balaban J connectivity index is 2.11. The molecule has 0 unspecified atom stereocenters. The summed E-state index contributed by atoms with van der Waals surface area (Å²) in [6.45, 7) is 5.21. The Hall–Kier alpha value is -3.76. The summed E-state index contributed by atoms with van der Waals surface area (Å²) in [4.78, 5) is 28.9. The van der Waals surface area contributed by atoms with Crippen LogP contribution >= 0.6 is 0 Å². The van der Waals surface area contributed by atoms with Gasteiger partial charge < -0.3 is 10.2 Å². The van der Waals surface area contributed by atoms with Crippen LogP contribution in [0.2, 0.25) is 0 Å². The smallest absolute Gasteiger partial charge is 0.304 e. The van der Waals surface area contributed by atoms with Crippen molar-refractivity contribution in [3.05, 3.63) is 101 Å². The summed E-state index contributed by atoms with van der Waals surface area (Å²) in [6, 6.07) is 19.4. The number of amides is 2. The molecule has 0 saturated heterocycles. The lowest BCUT2D eigenvalue weighted by Crippen LogP contribution is -2.54. The molecule has 3 rings (SSSR count). The predicted molar refractivity (Wildman–Crippen MR) is 155 cm³/mol. The van der Waals surface area contributed by atoms with Crippen molar-refractivity contribution >= 4 is 27.7 Å². The van der Waals surface area contributed by atoms with Crippen LogP contribution in [0, 0.1) is 19.7 Å². The summed E-state index contributed by atoms with van der Waals surface area (Å²) >= 11 is 0. The molecular formula is C30H37FN4O4S. The number of carbonyl (C=O) groups excluding carboxylic acids is 2. The van der Waals surface area contributed by atoms with Crippen LogP contribution in [0.5, 0.6) is 0 Å². The van der Waals surface area contributed by atoms with Crippen LogP contribution in [0.4, 0.5) is 10.1 Å². The molecule has 2 amide bonds. The summed E-state index contributed by atoms with van der Waals surface area (Å²) in [5.74, 6) is -1.36. The van der Waals surface area contributed by atoms with Gasteiger partial charge in [0.1, 0.15) is 18.4 Å². The molecule has 40 heavy (non-hydrogen) atoms. The van der Waals surface area contributed by atoms with Gasteiger partial charge >= 0.3 is 10.2 Å². The second kappa shape index (κ2) is 13.5. The minimum absolute atomic E-state index is 0.0175. The number of hydrogen-bond acceptors (Lipinski definition) is 4. The molecule has 3 aromatic carbocycles. The highest BCUT2D eigenvalue weighted by molar-refractivity contribution is 7.90. The lowest BCUT2D eigenvalue weighted by molar-refractivity contribution is -0.140. The maximum atomic E-state index is 14.2. The van der Waals surface area contributed by atoms with Gasteiger partial charge in [0, 0.05) is 33.6 Å². The standard InChI is InChI=1S/C30H37FN4O4S/c1-6-32-30(37)28(19-24-10-8-7-9-11-24)34(20-25-14-16-26(31)17-15-25)29(36)21-35(40(38,39)33(4)5)27-18-22(2)12-13-23(27)3/h7-18,28H,6,19-21H2,1-5H3,(H,32,37)/t28-/m1/s1. The molecule has 0 aliphatic heterocycles. The Morgan fingerprint density at radius 1 is 0.925 bits per heavy atom. The number of nitrogens with one attached hydrogen (secondary N) is 1. The van der Waals surface area contributed by atoms with Gasteiger partial charge in [-0.2, -0.15) is 12.7 Å². The van der Waals surface area contributed by atoms with Crippen LogP contribution in [0.1, 0.15) is 29.2 Å². The van der Waals surface area contributed by atoms with Gasteiger partial charge in [-0.25, -0.2) is 8.70 Å². The first-order chi connectivity index (χ1) is 18.9. The molecule has 0 heterocycles. The summed E-state index contributed by atoms with van der Waals surface area (Å²) in [5, 5.41) is 2.81. The molecule has 214 valence electrons. The lowest BCUT2D eigenvalue weighted by Gasteiger charge is -2.34. The monoisotopic (exact) mass is 568 g/mol. The molecule has 0 aliphatic carbocycles. The van der Waals surface area contributed by atoms with Gasteiger partial charge in [0.15, 0.2) is 0 Å². The van der Waals surface area contributed by atoms with Crippen molar-refractivity contribution in [2.75, 3.05) is 31.5 Å². The van der Waals surface area contributed by atoms with Crippen LogP contribution in [0.3, 0.4) is 0 Å². The summed E-state index contributed by atoms with van der Waals surface area (Å²) in [5.41, 5.74) is 3.33. The molecule has 10 heteroatoms. The van der Waals surface area contributed by atoms with E-state index in [1.807, 2.05) is 43.3 Å². The van der Waals surface area contributed by atoms with Crippen LogP contribution in [0.25, 0.3) is 0 Å². The summed E-state index contributed by atoms with van der Waals surface area (Å²) in [6.07, 6.45) is 0.212. The molecule has 0 aromatic heterocycles. The first-order valence-electron chi connectivity index (χ1n) is 13.1. The molecule has 0 radical (unpaired) electrons. The van der Waals surface area contributed by atoms with E-state index < -0.39 is 34.5 Å². The molecule has 1 atom stereocenters. The van der Waals surface area contributed by atoms with Crippen LogP contribution in [-0.2, 0) is 32.8 Å². The quantitative estimate of drug-likeness (QED) is 0.360. The van der Waals surface area contributed by atoms with Crippen LogP contribution in [0.15, 0.2) is 72.8 Å². The molecule has 8 nitrogen and oxygen atoms in total. The lowest BCUT2D eigenvalue weighted by atomic mass is 10.0. The SMILES string of the molecule is CCNC(=O)[C@@H](Cc1ccccc1)N(Cc1ccc(F)cc1)C(=O)CN(c1cc(C)ccc1C)S(=O)(=O)N(C)C. The van der Waals surface area contributed by atoms with Crippen molar-refractivity contribution in [3.8, 4) is 0 Å². The fourth-order valence-electron chi connectivity index (χ4n) is 4.32. The zero-order chi connectivity index (χ0) is 29.4. The number of nitrogens with zero attached hydrogens (tertiary/aromatic N) is 3. The van der Waals surface area contributed by atoms with E-state index in [0.717, 1.165) is 19.7 Å². The fraction of sp³-hybridized carbons (Fsp3) is 0.333. The molecule has 0 spiro atoms. The van der Waals surface area contributed by atoms with Crippen molar-refractivity contribution in [1.82, 2.24) is 14.5 Å². The molecule has 1 N–H and O–H groups in total. The second-order valence-corrected chi connectivity index (χ2v) is 11.9. The molecule has 3 aromatic rings. The van der Waals surface area contributed by atoms with Gasteiger partial charge in [-0.1, -0.05) is 54.6 Å². The Kier molecular flexibility index (Phi) is 10.4. The Labute approximate surface area is 236 Å². The summed E-state index contributed by atoms with van der Waals surface area (Å²) < 4.78 is 42.8. The largest absolute Gasteiger partial charge is 0.355 e. The van der Waals surface area contributed by atoms with Crippen molar-refractivity contribution < 1.29 is 22.4 Å². The third kappa shape index (κ3) is 7.67. The number of aryl methyl sites for hydroxylation is 2. The van der Waals surface area contributed by atoms with E-state index in [9.17, 15) is 22.4 Å². The second-order valence-electron chi connectivity index (χ2n) is 9.83. The first kappa shape index (κ1) is 30.8. The zero-order valence-corrected chi connectivity index (χ0v) is 24.4. The van der Waals surface area contributed by atoms with Gasteiger partial charge in [-0.05, 0) is 61.2 Å². The first-order valence-corrected chi connectivity index (χ1v) is 14.5. The predicted octanol–water partition coefficient (Wildman–Crippen LogP) is 3.83. The maximum Gasteiger partial charge on any atom is 0.304 e. The van der Waals surface area contributed by atoms with E-state index in [1.165, 1.54) is 31.1 Å². The highest BCUT2D eigenvalue weighted by atomic mass is 32.2. The van der Waals surface area contributed by atoms with Crippen LogP contribution < -0.4 is 9.62 Å². The van der Waals surface area contributed by atoms with Crippen molar-refractivity contribution in [2.24, 2.45) is 0 Å². The highest BCUT2D eigenvalue weighted by Crippen LogP contribution is 2.26. The maximum absolute atomic E-state index is 14.2. The minimum Gasteiger partial charge on any atom is -0.355 e. The Bertz CT molecular complexity index is 1410. The van der Waals surface area contributed by atoms with Crippen molar-refractivity contribution in [2.45, 2.75) is 39.8 Å². The number of benzene rings is 3. The van der Waals surface area contributed by atoms with E-state index in [0.29, 0.717) is 23.4 Å². The number of anilines is 1. The molecule has 0 aliphatic rings. The van der Waals surface area contributed by atoms with Gasteiger partial charge in [-0.3, -0.25) is 9.59 Å². The topological polar surface area (TPSA) is 90.0 Å². The number of halogens is 1. The minimum atomic E-state index is -4.08. The van der Waals surface area contributed by atoms with Gasteiger partial charge in [0.2, 0.25) is 11.8 Å². The van der Waals surface area contributed by atoms with E-state index in [1.54, 1.807) is 38.1 Å². The van der Waals surface area contributed by atoms with E-state index in [-0.39, 0.29) is 18.9 Å². The fourth-order valence-corrected chi connectivity index (χ4v) is 5.44. The normalized spacial score (nSPS) is 12.2. The summed E-state index contributed by atoms with van der Waals surface area (Å²) in [7, 11) is -1.28. The Morgan fingerprint density at radius 2 is 1.57 bits per heavy atom. The third-order valence-corrected chi connectivity index (χ3v) is 8.35. The van der Waals surface area contributed by atoms with E-state index in [4.69, 9.17) is 0 Å². The number of carbonyl (C=O) groups is 2. The van der Waals surface area contributed by atoms with E-state index in [2.05, 4.69) is 5.32 Å². The molecule has 0 saturated carbocycles. The average molecular weight is 569 g/mol. The van der Waals surface area contributed by atoms with E-state index >= 15 is 0 Å². The number of rotatable bonds is 12. The van der Waals surface area contributed by atoms with Gasteiger partial charge in [0.05, 0.1) is 5.69 Å². The third-order valence-electron chi connectivity index (χ3n) is 6.54. The Morgan fingerprint density at radius 3 is 2.17 bits per heavy atom. The van der Waals surface area contributed by atoms with Crippen molar-refractivity contribution in [1.29, 1.82) is 0 Å². The number of hydrogen-bond donors (Lipinski definition) is 1. The van der Waals surface area contributed by atoms with Gasteiger partial charge in [-0.15, -0.1) is 0 Å². The molecule has 0 bridgehead atoms.